The van der Waals surface area contributed by atoms with E-state index in [0.717, 1.165) is 16.5 Å². The highest BCUT2D eigenvalue weighted by atomic mass is 35.5. The minimum atomic E-state index is 0.413. The maximum absolute atomic E-state index is 6.14. The lowest BCUT2D eigenvalue weighted by Gasteiger charge is -2.03. The number of thioether (sulfide) groups is 1. The van der Waals surface area contributed by atoms with Gasteiger partial charge in [-0.3, -0.25) is 4.40 Å². The Balaban J connectivity index is 1.39. The Hall–Kier alpha value is -1.51. The summed E-state index contributed by atoms with van der Waals surface area (Å²) in [5.41, 5.74) is 1.53. The number of aromatic nitrogens is 4. The molecule has 1 aromatic carbocycles. The smallest absolute Gasteiger partial charge is 0.196 e. The molecule has 0 saturated heterocycles. The fourth-order valence-corrected chi connectivity index (χ4v) is 4.54. The molecule has 4 rings (SSSR count). The Morgan fingerprint density at radius 3 is 2.70 bits per heavy atom. The van der Waals surface area contributed by atoms with Crippen LogP contribution in [0.15, 0.2) is 47.1 Å². The average molecular weight is 458 g/mol. The van der Waals surface area contributed by atoms with Gasteiger partial charge >= 0.3 is 0 Å². The first kappa shape index (κ1) is 18.8. The van der Waals surface area contributed by atoms with Crippen molar-refractivity contribution in [1.29, 1.82) is 0 Å². The fourth-order valence-electron chi connectivity index (χ4n) is 2.30. The Bertz CT molecular complexity index is 1080. The Kier molecular flexibility index (Phi) is 5.75. The van der Waals surface area contributed by atoms with Crippen molar-refractivity contribution in [1.82, 2.24) is 19.6 Å². The molecule has 0 saturated carbocycles. The van der Waals surface area contributed by atoms with Gasteiger partial charge in [-0.25, -0.2) is 4.98 Å². The SMILES string of the molecule is Clc1ccc(OCc2nc(CSc3nnc4c(Cl)cc(Cl)cn34)cs2)cc1. The molecule has 0 atom stereocenters. The van der Waals surface area contributed by atoms with Crippen LogP contribution >= 0.6 is 57.9 Å². The maximum atomic E-state index is 6.14. The van der Waals surface area contributed by atoms with Gasteiger partial charge < -0.3 is 4.74 Å². The largest absolute Gasteiger partial charge is 0.486 e. The second-order valence-corrected chi connectivity index (χ2v) is 8.61. The van der Waals surface area contributed by atoms with Gasteiger partial charge in [0.2, 0.25) is 0 Å². The molecule has 0 N–H and O–H groups in total. The molecule has 0 aliphatic heterocycles. The third-order valence-corrected chi connectivity index (χ3v) is 6.10. The van der Waals surface area contributed by atoms with Gasteiger partial charge in [0.25, 0.3) is 0 Å². The third kappa shape index (κ3) is 4.50. The van der Waals surface area contributed by atoms with E-state index in [9.17, 15) is 0 Å². The van der Waals surface area contributed by atoms with E-state index in [-0.39, 0.29) is 0 Å². The van der Waals surface area contributed by atoms with Crippen LogP contribution in [0.3, 0.4) is 0 Å². The van der Waals surface area contributed by atoms with E-state index in [1.807, 2.05) is 17.5 Å². The highest BCUT2D eigenvalue weighted by molar-refractivity contribution is 7.98. The van der Waals surface area contributed by atoms with Crippen molar-refractivity contribution in [2.45, 2.75) is 17.5 Å². The van der Waals surface area contributed by atoms with Gasteiger partial charge in [0.05, 0.1) is 15.7 Å². The zero-order valence-electron chi connectivity index (χ0n) is 13.6. The molecule has 0 spiro atoms. The van der Waals surface area contributed by atoms with Gasteiger partial charge in [0.1, 0.15) is 17.4 Å². The molecular formula is C17H11Cl3N4OS2. The predicted molar refractivity (Wildman–Crippen MR) is 110 cm³/mol. The quantitative estimate of drug-likeness (QED) is 0.331. The fraction of sp³-hybridized carbons (Fsp3) is 0.118. The maximum Gasteiger partial charge on any atom is 0.196 e. The van der Waals surface area contributed by atoms with E-state index < -0.39 is 0 Å². The summed E-state index contributed by atoms with van der Waals surface area (Å²) in [6.07, 6.45) is 1.75. The first-order valence-corrected chi connectivity index (χ1v) is 10.7. The molecular weight excluding hydrogens is 447 g/mol. The van der Waals surface area contributed by atoms with E-state index in [2.05, 4.69) is 15.2 Å². The minimum Gasteiger partial charge on any atom is -0.486 e. The zero-order valence-corrected chi connectivity index (χ0v) is 17.5. The molecule has 0 fully saturated rings. The van der Waals surface area contributed by atoms with E-state index in [1.54, 1.807) is 40.1 Å². The number of thiazole rings is 1. The van der Waals surface area contributed by atoms with Crippen molar-refractivity contribution in [2.75, 3.05) is 0 Å². The van der Waals surface area contributed by atoms with Crippen LogP contribution in [0.4, 0.5) is 0 Å². The number of hydrogen-bond donors (Lipinski definition) is 0. The Labute approximate surface area is 178 Å². The summed E-state index contributed by atoms with van der Waals surface area (Å²) in [6.45, 7) is 0.413. The molecule has 0 aliphatic carbocycles. The van der Waals surface area contributed by atoms with Gasteiger partial charge in [-0.15, -0.1) is 21.5 Å². The van der Waals surface area contributed by atoms with Crippen LogP contribution in [0.25, 0.3) is 5.65 Å². The number of hydrogen-bond acceptors (Lipinski definition) is 6. The molecule has 10 heteroatoms. The van der Waals surface area contributed by atoms with E-state index >= 15 is 0 Å². The van der Waals surface area contributed by atoms with Crippen molar-refractivity contribution in [3.05, 3.63) is 67.7 Å². The number of nitrogens with zero attached hydrogens (tertiary/aromatic N) is 4. The van der Waals surface area contributed by atoms with Crippen molar-refractivity contribution in [3.63, 3.8) is 0 Å². The zero-order chi connectivity index (χ0) is 18.8. The normalized spacial score (nSPS) is 11.2. The molecule has 3 aromatic heterocycles. The number of halogens is 3. The standard InChI is InChI=1S/C17H11Cl3N4OS2/c18-10-1-3-13(4-2-10)25-7-15-21-12(8-26-15)9-27-17-23-22-16-14(20)5-11(19)6-24(16)17/h1-6,8H,7,9H2. The lowest BCUT2D eigenvalue weighted by Crippen LogP contribution is -1.95. The summed E-state index contributed by atoms with van der Waals surface area (Å²) in [5, 5.41) is 13.6. The van der Waals surface area contributed by atoms with Crippen LogP contribution in [-0.2, 0) is 12.4 Å². The van der Waals surface area contributed by atoms with Gasteiger partial charge in [0.15, 0.2) is 10.8 Å². The third-order valence-electron chi connectivity index (χ3n) is 3.52. The molecule has 4 aromatic rings. The molecule has 0 aliphatic rings. The topological polar surface area (TPSA) is 52.3 Å². The molecule has 0 radical (unpaired) electrons. The Morgan fingerprint density at radius 2 is 1.89 bits per heavy atom. The molecule has 5 nitrogen and oxygen atoms in total. The highest BCUT2D eigenvalue weighted by Gasteiger charge is 2.12. The lowest BCUT2D eigenvalue weighted by molar-refractivity contribution is 0.305. The van der Waals surface area contributed by atoms with E-state index in [4.69, 9.17) is 39.5 Å². The summed E-state index contributed by atoms with van der Waals surface area (Å²) in [6, 6.07) is 8.90. The highest BCUT2D eigenvalue weighted by Crippen LogP contribution is 2.27. The van der Waals surface area contributed by atoms with Crippen molar-refractivity contribution in [3.8, 4) is 5.75 Å². The monoisotopic (exact) mass is 456 g/mol. The number of benzene rings is 1. The second-order valence-electron chi connectivity index (χ2n) is 5.45. The summed E-state index contributed by atoms with van der Waals surface area (Å²) < 4.78 is 7.51. The molecule has 138 valence electrons. The van der Waals surface area contributed by atoms with Crippen LogP contribution in [-0.4, -0.2) is 19.6 Å². The van der Waals surface area contributed by atoms with Gasteiger partial charge in [0, 0.05) is 22.4 Å². The van der Waals surface area contributed by atoms with Crippen molar-refractivity contribution in [2.24, 2.45) is 0 Å². The molecule has 0 bridgehead atoms. The van der Waals surface area contributed by atoms with Crippen LogP contribution < -0.4 is 4.74 Å². The summed E-state index contributed by atoms with van der Waals surface area (Å²) >= 11 is 21.1. The molecule has 3 heterocycles. The predicted octanol–water partition coefficient (Wildman–Crippen LogP) is 6.02. The molecule has 0 unspecified atom stereocenters. The van der Waals surface area contributed by atoms with Crippen LogP contribution in [0.5, 0.6) is 5.75 Å². The second kappa shape index (κ2) is 8.24. The van der Waals surface area contributed by atoms with Crippen molar-refractivity contribution < 1.29 is 4.74 Å². The van der Waals surface area contributed by atoms with Crippen LogP contribution in [0, 0.1) is 0 Å². The first-order valence-electron chi connectivity index (χ1n) is 7.73. The average Bonchev–Trinajstić information content (AvgIpc) is 3.26. The first-order chi connectivity index (χ1) is 13.1. The summed E-state index contributed by atoms with van der Waals surface area (Å²) in [4.78, 5) is 4.59. The number of ether oxygens (including phenoxy) is 1. The summed E-state index contributed by atoms with van der Waals surface area (Å²) in [5.74, 6) is 1.41. The number of fused-ring (bicyclic) bond motifs is 1. The summed E-state index contributed by atoms with van der Waals surface area (Å²) in [7, 11) is 0. The lowest BCUT2D eigenvalue weighted by atomic mass is 10.3. The molecule has 0 amide bonds. The van der Waals surface area contributed by atoms with Crippen LogP contribution in [0.1, 0.15) is 10.7 Å². The van der Waals surface area contributed by atoms with E-state index in [0.29, 0.717) is 38.2 Å². The van der Waals surface area contributed by atoms with Gasteiger partial charge in [-0.2, -0.15) is 0 Å². The van der Waals surface area contributed by atoms with Gasteiger partial charge in [-0.1, -0.05) is 46.6 Å². The minimum absolute atomic E-state index is 0.413. The van der Waals surface area contributed by atoms with Gasteiger partial charge in [-0.05, 0) is 30.3 Å². The molecule has 27 heavy (non-hydrogen) atoms. The Morgan fingerprint density at radius 1 is 1.07 bits per heavy atom. The van der Waals surface area contributed by atoms with Crippen LogP contribution in [0.2, 0.25) is 15.1 Å². The van der Waals surface area contributed by atoms with Crippen molar-refractivity contribution >= 4 is 63.5 Å². The number of pyridine rings is 1. The van der Waals surface area contributed by atoms with E-state index in [1.165, 1.54) is 11.8 Å². The number of rotatable bonds is 6.